The van der Waals surface area contributed by atoms with Crippen molar-refractivity contribution < 1.29 is 5.11 Å². The molecule has 1 unspecified atom stereocenters. The summed E-state index contributed by atoms with van der Waals surface area (Å²) in [7, 11) is 0. The van der Waals surface area contributed by atoms with Crippen molar-refractivity contribution >= 4 is 0 Å². The van der Waals surface area contributed by atoms with Crippen LogP contribution in [0.1, 0.15) is 37.1 Å². The molecular formula is C16H25N3O. The quantitative estimate of drug-likeness (QED) is 0.886. The van der Waals surface area contributed by atoms with Gasteiger partial charge in [-0.05, 0) is 70.3 Å². The third kappa shape index (κ3) is 3.13. The minimum absolute atomic E-state index is 0.329. The molecule has 0 aliphatic carbocycles. The fourth-order valence-corrected chi connectivity index (χ4v) is 3.56. The first-order valence-corrected chi connectivity index (χ1v) is 7.83. The first-order valence-electron chi connectivity index (χ1n) is 7.83. The molecule has 2 aliphatic heterocycles. The Morgan fingerprint density at radius 1 is 1.30 bits per heavy atom. The van der Waals surface area contributed by atoms with Crippen molar-refractivity contribution in [2.45, 2.75) is 45.2 Å². The molecule has 1 atom stereocenters. The number of pyridine rings is 1. The molecule has 0 radical (unpaired) electrons. The van der Waals surface area contributed by atoms with Gasteiger partial charge in [-0.3, -0.25) is 9.88 Å². The number of nitrogens with zero attached hydrogens (tertiary/aromatic N) is 2. The van der Waals surface area contributed by atoms with Gasteiger partial charge in [-0.2, -0.15) is 0 Å². The summed E-state index contributed by atoms with van der Waals surface area (Å²) in [5, 5.41) is 13.5. The fraction of sp³-hybridized carbons (Fsp3) is 0.688. The molecule has 0 saturated carbocycles. The van der Waals surface area contributed by atoms with E-state index in [-0.39, 0.29) is 0 Å². The molecule has 3 heterocycles. The van der Waals surface area contributed by atoms with Crippen LogP contribution in [0.3, 0.4) is 0 Å². The van der Waals surface area contributed by atoms with Crippen molar-refractivity contribution in [1.82, 2.24) is 15.2 Å². The summed E-state index contributed by atoms with van der Waals surface area (Å²) >= 11 is 0. The summed E-state index contributed by atoms with van der Waals surface area (Å²) in [6.45, 7) is 6.20. The number of likely N-dealkylation sites (tertiary alicyclic amines) is 1. The Kier molecular flexibility index (Phi) is 4.22. The van der Waals surface area contributed by atoms with Crippen LogP contribution in [0.4, 0.5) is 0 Å². The Bertz CT molecular complexity index is 449. The molecule has 0 aromatic carbocycles. The lowest BCUT2D eigenvalue weighted by molar-refractivity contribution is 0.155. The SMILES string of the molecule is Cc1ccc(O)c(CN2CCC(C3CCCN3)CC2)n1. The highest BCUT2D eigenvalue weighted by atomic mass is 16.3. The van der Waals surface area contributed by atoms with E-state index >= 15 is 0 Å². The van der Waals surface area contributed by atoms with Gasteiger partial charge in [0.2, 0.25) is 0 Å². The maximum Gasteiger partial charge on any atom is 0.138 e. The predicted octanol–water partition coefficient (Wildman–Crippen LogP) is 2.06. The molecule has 0 bridgehead atoms. The molecule has 2 fully saturated rings. The van der Waals surface area contributed by atoms with Crippen LogP contribution in [0.5, 0.6) is 5.75 Å². The molecule has 0 amide bonds. The van der Waals surface area contributed by atoms with Gasteiger partial charge in [-0.15, -0.1) is 0 Å². The summed E-state index contributed by atoms with van der Waals surface area (Å²) in [4.78, 5) is 6.88. The first kappa shape index (κ1) is 13.8. The number of rotatable bonds is 3. The Balaban J connectivity index is 1.54. The highest BCUT2D eigenvalue weighted by Gasteiger charge is 2.28. The van der Waals surface area contributed by atoms with E-state index in [2.05, 4.69) is 15.2 Å². The number of piperidine rings is 1. The normalized spacial score (nSPS) is 25.1. The van der Waals surface area contributed by atoms with Crippen LogP contribution in [0.15, 0.2) is 12.1 Å². The van der Waals surface area contributed by atoms with E-state index in [9.17, 15) is 5.11 Å². The van der Waals surface area contributed by atoms with Crippen molar-refractivity contribution in [2.75, 3.05) is 19.6 Å². The zero-order chi connectivity index (χ0) is 13.9. The zero-order valence-corrected chi connectivity index (χ0v) is 12.3. The van der Waals surface area contributed by atoms with Crippen LogP contribution in [0.25, 0.3) is 0 Å². The van der Waals surface area contributed by atoms with Gasteiger partial charge in [0.1, 0.15) is 5.75 Å². The van der Waals surface area contributed by atoms with E-state index in [1.54, 1.807) is 6.07 Å². The van der Waals surface area contributed by atoms with Gasteiger partial charge < -0.3 is 10.4 Å². The molecule has 4 heteroatoms. The van der Waals surface area contributed by atoms with Gasteiger partial charge in [-0.1, -0.05) is 0 Å². The Hall–Kier alpha value is -1.13. The second-order valence-electron chi connectivity index (χ2n) is 6.23. The van der Waals surface area contributed by atoms with E-state index in [0.29, 0.717) is 5.75 Å². The molecule has 4 nitrogen and oxygen atoms in total. The molecule has 2 saturated heterocycles. The second-order valence-corrected chi connectivity index (χ2v) is 6.23. The molecule has 1 aromatic heterocycles. The lowest BCUT2D eigenvalue weighted by Crippen LogP contribution is -2.40. The summed E-state index contributed by atoms with van der Waals surface area (Å²) in [5.74, 6) is 1.17. The lowest BCUT2D eigenvalue weighted by atomic mass is 9.88. The van der Waals surface area contributed by atoms with E-state index < -0.39 is 0 Å². The van der Waals surface area contributed by atoms with Crippen LogP contribution in [-0.2, 0) is 6.54 Å². The number of nitrogens with one attached hydrogen (secondary N) is 1. The molecule has 1 aromatic rings. The Morgan fingerprint density at radius 3 is 2.80 bits per heavy atom. The minimum Gasteiger partial charge on any atom is -0.506 e. The number of hydrogen-bond donors (Lipinski definition) is 2. The average molecular weight is 275 g/mol. The first-order chi connectivity index (χ1) is 9.72. The van der Waals surface area contributed by atoms with Crippen LogP contribution < -0.4 is 5.32 Å². The Morgan fingerprint density at radius 2 is 2.10 bits per heavy atom. The highest BCUT2D eigenvalue weighted by molar-refractivity contribution is 5.27. The Labute approximate surface area is 121 Å². The van der Waals surface area contributed by atoms with Crippen molar-refractivity contribution in [3.8, 4) is 5.75 Å². The predicted molar refractivity (Wildman–Crippen MR) is 79.7 cm³/mol. The third-order valence-electron chi connectivity index (χ3n) is 4.76. The van der Waals surface area contributed by atoms with Gasteiger partial charge in [0, 0.05) is 18.3 Å². The smallest absolute Gasteiger partial charge is 0.138 e. The zero-order valence-electron chi connectivity index (χ0n) is 12.3. The van der Waals surface area contributed by atoms with Gasteiger partial charge >= 0.3 is 0 Å². The van der Waals surface area contributed by atoms with Crippen molar-refractivity contribution in [3.63, 3.8) is 0 Å². The van der Waals surface area contributed by atoms with E-state index in [1.807, 2.05) is 13.0 Å². The van der Waals surface area contributed by atoms with Crippen LogP contribution in [0, 0.1) is 12.8 Å². The van der Waals surface area contributed by atoms with Gasteiger partial charge in [0.15, 0.2) is 0 Å². The number of aryl methyl sites for hydroxylation is 1. The number of aromatic nitrogens is 1. The molecule has 2 N–H and O–H groups in total. The lowest BCUT2D eigenvalue weighted by Gasteiger charge is -2.34. The van der Waals surface area contributed by atoms with Gasteiger partial charge in [0.25, 0.3) is 0 Å². The maximum atomic E-state index is 9.89. The monoisotopic (exact) mass is 275 g/mol. The number of hydrogen-bond acceptors (Lipinski definition) is 4. The summed E-state index contributed by atoms with van der Waals surface area (Å²) in [5.41, 5.74) is 1.80. The topological polar surface area (TPSA) is 48.4 Å². The number of aromatic hydroxyl groups is 1. The minimum atomic E-state index is 0.329. The molecule has 2 aliphatic rings. The van der Waals surface area contributed by atoms with Crippen molar-refractivity contribution in [1.29, 1.82) is 0 Å². The van der Waals surface area contributed by atoms with E-state index in [1.165, 1.54) is 32.2 Å². The summed E-state index contributed by atoms with van der Waals surface area (Å²) < 4.78 is 0. The maximum absolute atomic E-state index is 9.89. The summed E-state index contributed by atoms with van der Waals surface area (Å²) in [6, 6.07) is 4.37. The van der Waals surface area contributed by atoms with Crippen LogP contribution in [-0.4, -0.2) is 40.7 Å². The molecule has 20 heavy (non-hydrogen) atoms. The molecule has 3 rings (SSSR count). The third-order valence-corrected chi connectivity index (χ3v) is 4.76. The van der Waals surface area contributed by atoms with Crippen LogP contribution in [0.2, 0.25) is 0 Å². The molecule has 110 valence electrons. The second kappa shape index (κ2) is 6.10. The average Bonchev–Trinajstić information content (AvgIpc) is 2.98. The van der Waals surface area contributed by atoms with Crippen molar-refractivity contribution in [2.24, 2.45) is 5.92 Å². The van der Waals surface area contributed by atoms with E-state index in [0.717, 1.165) is 43.0 Å². The van der Waals surface area contributed by atoms with Crippen LogP contribution >= 0.6 is 0 Å². The fourth-order valence-electron chi connectivity index (χ4n) is 3.56. The van der Waals surface area contributed by atoms with Crippen molar-refractivity contribution in [3.05, 3.63) is 23.5 Å². The van der Waals surface area contributed by atoms with E-state index in [4.69, 9.17) is 0 Å². The highest BCUT2D eigenvalue weighted by Crippen LogP contribution is 2.27. The molecular weight excluding hydrogens is 250 g/mol. The standard InChI is InChI=1S/C16H25N3O/c1-12-4-5-16(20)15(18-12)11-19-9-6-13(7-10-19)14-3-2-8-17-14/h4-5,13-14,17,20H,2-3,6-11H2,1H3. The van der Waals surface area contributed by atoms with Gasteiger partial charge in [-0.25, -0.2) is 0 Å². The molecule has 0 spiro atoms. The van der Waals surface area contributed by atoms with Gasteiger partial charge in [0.05, 0.1) is 5.69 Å². The summed E-state index contributed by atoms with van der Waals surface area (Å²) in [6.07, 6.45) is 5.23. The largest absolute Gasteiger partial charge is 0.506 e.